The molecule has 1 aliphatic heterocycles. The smallest absolute Gasteiger partial charge is 0.224 e. The lowest BCUT2D eigenvalue weighted by Crippen LogP contribution is -2.31. The van der Waals surface area contributed by atoms with Crippen molar-refractivity contribution < 1.29 is 4.74 Å². The molecule has 0 atom stereocenters. The lowest BCUT2D eigenvalue weighted by molar-refractivity contribution is -0.0209. The van der Waals surface area contributed by atoms with E-state index in [0.29, 0.717) is 13.2 Å². The minimum absolute atomic E-state index is 0.259. The Kier molecular flexibility index (Phi) is 2.55. The molecule has 1 saturated heterocycles. The highest BCUT2D eigenvalue weighted by molar-refractivity contribution is 6.28. The van der Waals surface area contributed by atoms with Gasteiger partial charge in [0, 0.05) is 30.4 Å². The van der Waals surface area contributed by atoms with Crippen LogP contribution in [0.1, 0.15) is 6.04 Å². The van der Waals surface area contributed by atoms with Crippen LogP contribution < -0.4 is 0 Å². The van der Waals surface area contributed by atoms with Crippen LogP contribution >= 0.6 is 11.6 Å². The van der Waals surface area contributed by atoms with Crippen LogP contribution in [0.15, 0.2) is 24.7 Å². The molecule has 1 fully saturated rings. The molecule has 0 aliphatic carbocycles. The molecule has 7 heteroatoms. The third kappa shape index (κ3) is 1.72. The summed E-state index contributed by atoms with van der Waals surface area (Å²) in [7, 11) is 1.90. The molecule has 0 N–H and O–H groups in total. The quantitative estimate of drug-likeness (QED) is 0.678. The van der Waals surface area contributed by atoms with E-state index in [-0.39, 0.29) is 11.3 Å². The molecule has 0 bridgehead atoms. The maximum Gasteiger partial charge on any atom is 0.224 e. The molecule has 0 radical (unpaired) electrons. The molecule has 3 aromatic rings. The normalized spacial score (nSPS) is 15.7. The van der Waals surface area contributed by atoms with E-state index >= 15 is 0 Å². The predicted molar refractivity (Wildman–Crippen MR) is 74.6 cm³/mol. The van der Waals surface area contributed by atoms with Crippen LogP contribution in [0.2, 0.25) is 5.28 Å². The minimum Gasteiger partial charge on any atom is -0.377 e. The van der Waals surface area contributed by atoms with Crippen molar-refractivity contribution in [2.45, 2.75) is 6.04 Å². The van der Waals surface area contributed by atoms with E-state index in [1.165, 1.54) is 0 Å². The molecule has 20 heavy (non-hydrogen) atoms. The van der Waals surface area contributed by atoms with Gasteiger partial charge in [0.15, 0.2) is 0 Å². The van der Waals surface area contributed by atoms with E-state index in [4.69, 9.17) is 16.3 Å². The van der Waals surface area contributed by atoms with Gasteiger partial charge in [0.05, 0.1) is 31.1 Å². The lowest BCUT2D eigenvalue weighted by atomic mass is 10.2. The van der Waals surface area contributed by atoms with E-state index in [1.54, 1.807) is 10.9 Å². The Bertz CT molecular complexity index is 789. The number of halogens is 1. The first-order chi connectivity index (χ1) is 9.72. The van der Waals surface area contributed by atoms with Gasteiger partial charge in [-0.2, -0.15) is 10.1 Å². The molecule has 3 aromatic heterocycles. The van der Waals surface area contributed by atoms with Crippen LogP contribution in [-0.2, 0) is 11.8 Å². The van der Waals surface area contributed by atoms with Crippen molar-refractivity contribution in [2.75, 3.05) is 13.2 Å². The molecule has 102 valence electrons. The van der Waals surface area contributed by atoms with E-state index < -0.39 is 0 Å². The zero-order valence-electron chi connectivity index (χ0n) is 10.8. The summed E-state index contributed by atoms with van der Waals surface area (Å²) in [5.74, 6) is 0. The second-order valence-electron chi connectivity index (χ2n) is 4.91. The largest absolute Gasteiger partial charge is 0.377 e. The van der Waals surface area contributed by atoms with Gasteiger partial charge in [-0.1, -0.05) is 0 Å². The molecule has 4 heterocycles. The molecule has 0 unspecified atom stereocenters. The molecule has 0 spiro atoms. The third-order valence-electron chi connectivity index (χ3n) is 3.53. The standard InChI is InChI=1S/C13H12ClN5O/c1-18-5-9(4-16-18)11-2-8-3-15-13(14)17-12(8)19(11)10-6-20-7-10/h2-5,10H,6-7H2,1H3. The predicted octanol–water partition coefficient (Wildman–Crippen LogP) is 2.06. The molecule has 0 saturated carbocycles. The highest BCUT2D eigenvalue weighted by atomic mass is 35.5. The molecule has 0 amide bonds. The first-order valence-electron chi connectivity index (χ1n) is 6.32. The molecular formula is C13H12ClN5O. The van der Waals surface area contributed by atoms with Crippen molar-refractivity contribution in [2.24, 2.45) is 7.05 Å². The highest BCUT2D eigenvalue weighted by Crippen LogP contribution is 2.33. The van der Waals surface area contributed by atoms with Gasteiger partial charge in [0.2, 0.25) is 5.28 Å². The fourth-order valence-corrected chi connectivity index (χ4v) is 2.63. The molecule has 0 aromatic carbocycles. The lowest BCUT2D eigenvalue weighted by Gasteiger charge is -2.29. The average Bonchev–Trinajstić information content (AvgIpc) is 2.92. The summed E-state index contributed by atoms with van der Waals surface area (Å²) in [6.07, 6.45) is 5.58. The number of rotatable bonds is 2. The van der Waals surface area contributed by atoms with Crippen LogP contribution in [0.25, 0.3) is 22.3 Å². The maximum absolute atomic E-state index is 5.93. The summed E-state index contributed by atoms with van der Waals surface area (Å²) in [5, 5.41) is 5.47. The zero-order valence-corrected chi connectivity index (χ0v) is 11.6. The number of hydrogen-bond acceptors (Lipinski definition) is 4. The van der Waals surface area contributed by atoms with Crippen LogP contribution in [0.3, 0.4) is 0 Å². The zero-order chi connectivity index (χ0) is 13.7. The number of aryl methyl sites for hydroxylation is 1. The van der Waals surface area contributed by atoms with Crippen molar-refractivity contribution in [1.82, 2.24) is 24.3 Å². The van der Waals surface area contributed by atoms with Crippen molar-refractivity contribution in [1.29, 1.82) is 0 Å². The Balaban J connectivity index is 1.99. The first kappa shape index (κ1) is 11.9. The van der Waals surface area contributed by atoms with Crippen molar-refractivity contribution in [3.63, 3.8) is 0 Å². The Morgan fingerprint density at radius 3 is 2.85 bits per heavy atom. The maximum atomic E-state index is 5.93. The fraction of sp³-hybridized carbons (Fsp3) is 0.308. The molecular weight excluding hydrogens is 278 g/mol. The Labute approximate surface area is 120 Å². The number of nitrogens with zero attached hydrogens (tertiary/aromatic N) is 5. The number of aromatic nitrogens is 5. The van der Waals surface area contributed by atoms with Gasteiger partial charge in [0.25, 0.3) is 0 Å². The SMILES string of the molecule is Cn1cc(-c2cc3cnc(Cl)nc3n2C2COC2)cn1. The second-order valence-corrected chi connectivity index (χ2v) is 5.25. The fourth-order valence-electron chi connectivity index (χ4n) is 2.50. The van der Waals surface area contributed by atoms with Gasteiger partial charge in [-0.05, 0) is 17.7 Å². The highest BCUT2D eigenvalue weighted by Gasteiger charge is 2.26. The summed E-state index contributed by atoms with van der Waals surface area (Å²) in [6.45, 7) is 1.39. The van der Waals surface area contributed by atoms with E-state index in [9.17, 15) is 0 Å². The Morgan fingerprint density at radius 1 is 1.35 bits per heavy atom. The summed E-state index contributed by atoms with van der Waals surface area (Å²) >= 11 is 5.93. The van der Waals surface area contributed by atoms with Gasteiger partial charge >= 0.3 is 0 Å². The van der Waals surface area contributed by atoms with Gasteiger partial charge in [0.1, 0.15) is 5.65 Å². The summed E-state index contributed by atoms with van der Waals surface area (Å²) in [4.78, 5) is 8.42. The van der Waals surface area contributed by atoms with Crippen molar-refractivity contribution in [3.8, 4) is 11.3 Å². The summed E-state index contributed by atoms with van der Waals surface area (Å²) < 4.78 is 9.27. The van der Waals surface area contributed by atoms with Crippen LogP contribution in [0, 0.1) is 0 Å². The van der Waals surface area contributed by atoms with Crippen LogP contribution in [0.4, 0.5) is 0 Å². The van der Waals surface area contributed by atoms with E-state index in [0.717, 1.165) is 22.3 Å². The Hall–Kier alpha value is -1.92. The number of hydrogen-bond donors (Lipinski definition) is 0. The van der Waals surface area contributed by atoms with E-state index in [2.05, 4.69) is 25.7 Å². The van der Waals surface area contributed by atoms with Gasteiger partial charge in [-0.3, -0.25) is 4.68 Å². The number of ether oxygens (including phenoxy) is 1. The van der Waals surface area contributed by atoms with Crippen molar-refractivity contribution >= 4 is 22.6 Å². The average molecular weight is 290 g/mol. The number of fused-ring (bicyclic) bond motifs is 1. The molecule has 6 nitrogen and oxygen atoms in total. The first-order valence-corrected chi connectivity index (χ1v) is 6.70. The molecule has 4 rings (SSSR count). The summed E-state index contributed by atoms with van der Waals surface area (Å²) in [5.41, 5.74) is 2.96. The van der Waals surface area contributed by atoms with Crippen molar-refractivity contribution in [3.05, 3.63) is 29.9 Å². The monoisotopic (exact) mass is 289 g/mol. The second kappa shape index (κ2) is 4.29. The van der Waals surface area contributed by atoms with Crippen LogP contribution in [0.5, 0.6) is 0 Å². The topological polar surface area (TPSA) is 57.8 Å². The van der Waals surface area contributed by atoms with Gasteiger partial charge in [-0.15, -0.1) is 0 Å². The van der Waals surface area contributed by atoms with E-state index in [1.807, 2.05) is 19.4 Å². The third-order valence-corrected chi connectivity index (χ3v) is 3.71. The van der Waals surface area contributed by atoms with Gasteiger partial charge in [-0.25, -0.2) is 4.98 Å². The summed E-state index contributed by atoms with van der Waals surface area (Å²) in [6, 6.07) is 2.36. The van der Waals surface area contributed by atoms with Gasteiger partial charge < -0.3 is 9.30 Å². The minimum atomic E-state index is 0.259. The Morgan fingerprint density at radius 2 is 2.20 bits per heavy atom. The molecule has 1 aliphatic rings. The van der Waals surface area contributed by atoms with Crippen LogP contribution in [-0.4, -0.2) is 37.5 Å².